The maximum absolute atomic E-state index is 11.9. The van der Waals surface area contributed by atoms with Gasteiger partial charge in [0.25, 0.3) is 0 Å². The largest absolute Gasteiger partial charge is 0.352 e. The minimum Gasteiger partial charge on any atom is -0.352 e. The number of carbonyl (C=O) groups is 1. The highest BCUT2D eigenvalue weighted by atomic mass is 32.2. The quantitative estimate of drug-likeness (QED) is 0.778. The number of carbonyl (C=O) groups excluding carboxylic acids is 1. The summed E-state index contributed by atoms with van der Waals surface area (Å²) >= 11 is 0. The Balaban J connectivity index is 2.38. The van der Waals surface area contributed by atoms with E-state index in [1.807, 2.05) is 37.3 Å². The number of nitrogens with one attached hydrogen (secondary N) is 1. The summed E-state index contributed by atoms with van der Waals surface area (Å²) in [5.41, 5.74) is 6.93. The summed E-state index contributed by atoms with van der Waals surface area (Å²) in [4.78, 5) is 11.9. The molecule has 0 aliphatic rings. The fraction of sp³-hybridized carbons (Fsp3) is 0.500. The minimum atomic E-state index is -0.826. The molecular formula is C14H22N2O2S. The molecule has 2 unspecified atom stereocenters. The van der Waals surface area contributed by atoms with E-state index in [1.54, 1.807) is 6.26 Å². The average molecular weight is 282 g/mol. The molecule has 0 fully saturated rings. The zero-order valence-corrected chi connectivity index (χ0v) is 12.3. The number of hydrogen-bond acceptors (Lipinski definition) is 3. The molecule has 5 heteroatoms. The lowest BCUT2D eigenvalue weighted by Gasteiger charge is -2.17. The van der Waals surface area contributed by atoms with Crippen LogP contribution in [0.3, 0.4) is 0 Å². The predicted molar refractivity (Wildman–Crippen MR) is 79.3 cm³/mol. The molecule has 1 aromatic carbocycles. The summed E-state index contributed by atoms with van der Waals surface area (Å²) in [6.45, 7) is 1.90. The molecule has 4 nitrogen and oxygen atoms in total. The first kappa shape index (κ1) is 15.9. The van der Waals surface area contributed by atoms with Gasteiger partial charge in [-0.2, -0.15) is 0 Å². The Morgan fingerprint density at radius 3 is 2.58 bits per heavy atom. The zero-order chi connectivity index (χ0) is 14.3. The Labute approximate surface area is 117 Å². The van der Waals surface area contributed by atoms with Gasteiger partial charge in [0.15, 0.2) is 0 Å². The molecule has 0 spiro atoms. The fourth-order valence-corrected chi connectivity index (χ4v) is 2.41. The number of hydrogen-bond donors (Lipinski definition) is 2. The van der Waals surface area contributed by atoms with Crippen molar-refractivity contribution in [3.63, 3.8) is 0 Å². The van der Waals surface area contributed by atoms with Crippen molar-refractivity contribution < 1.29 is 9.00 Å². The van der Waals surface area contributed by atoms with Crippen molar-refractivity contribution in [2.45, 2.75) is 31.8 Å². The van der Waals surface area contributed by atoms with E-state index < -0.39 is 16.8 Å². The molecule has 1 rings (SSSR count). The number of benzene rings is 1. The second kappa shape index (κ2) is 8.07. The van der Waals surface area contributed by atoms with Crippen LogP contribution in [-0.2, 0) is 22.0 Å². The summed E-state index contributed by atoms with van der Waals surface area (Å²) in [6.07, 6.45) is 2.89. The van der Waals surface area contributed by atoms with E-state index >= 15 is 0 Å². The van der Waals surface area contributed by atoms with Gasteiger partial charge in [0.2, 0.25) is 5.91 Å². The van der Waals surface area contributed by atoms with Crippen LogP contribution in [0.2, 0.25) is 0 Å². The molecule has 0 aliphatic heterocycles. The van der Waals surface area contributed by atoms with E-state index in [0.717, 1.165) is 5.56 Å². The van der Waals surface area contributed by atoms with Crippen molar-refractivity contribution in [2.75, 3.05) is 12.0 Å². The van der Waals surface area contributed by atoms with Gasteiger partial charge in [-0.25, -0.2) is 0 Å². The third-order valence-corrected chi connectivity index (χ3v) is 3.67. The van der Waals surface area contributed by atoms with Crippen molar-refractivity contribution in [2.24, 2.45) is 5.73 Å². The first-order valence-corrected chi connectivity index (χ1v) is 8.11. The van der Waals surface area contributed by atoms with Crippen LogP contribution >= 0.6 is 0 Å². The normalized spacial score (nSPS) is 15.5. The zero-order valence-electron chi connectivity index (χ0n) is 11.5. The minimum absolute atomic E-state index is 0.00165. The van der Waals surface area contributed by atoms with E-state index in [-0.39, 0.29) is 11.9 Å². The third kappa shape index (κ3) is 6.50. The summed E-state index contributed by atoms with van der Waals surface area (Å²) in [5, 5.41) is 2.86. The lowest BCUT2D eigenvalue weighted by Crippen LogP contribution is -2.45. The Hall–Kier alpha value is -1.20. The molecular weight excluding hydrogens is 260 g/mol. The number of amides is 1. The van der Waals surface area contributed by atoms with Gasteiger partial charge in [0, 0.05) is 28.9 Å². The molecule has 1 aromatic rings. The highest BCUT2D eigenvalue weighted by Gasteiger charge is 2.16. The van der Waals surface area contributed by atoms with Crippen LogP contribution in [0.25, 0.3) is 0 Å². The molecule has 0 aromatic heterocycles. The standard InChI is InChI=1S/C14H22N2O2S/c1-11(8-9-19(2)18)16-14(17)13(15)10-12-6-4-3-5-7-12/h3-7,11,13H,8-10,15H2,1-2H3,(H,16,17)/t11?,13-,19?/m0/s1. The van der Waals surface area contributed by atoms with Crippen LogP contribution in [0.5, 0.6) is 0 Å². The summed E-state index contributed by atoms with van der Waals surface area (Å²) in [5.74, 6) is 0.438. The smallest absolute Gasteiger partial charge is 0.237 e. The third-order valence-electron chi connectivity index (χ3n) is 2.86. The van der Waals surface area contributed by atoms with Crippen LogP contribution < -0.4 is 11.1 Å². The predicted octanol–water partition coefficient (Wildman–Crippen LogP) is 0.830. The first-order valence-electron chi connectivity index (χ1n) is 6.39. The molecule has 0 saturated carbocycles. The lowest BCUT2D eigenvalue weighted by atomic mass is 10.1. The summed E-state index contributed by atoms with van der Waals surface area (Å²) in [7, 11) is -0.826. The van der Waals surface area contributed by atoms with Crippen molar-refractivity contribution >= 4 is 16.7 Å². The maximum atomic E-state index is 11.9. The Kier molecular flexibility index (Phi) is 6.73. The van der Waals surface area contributed by atoms with Crippen molar-refractivity contribution in [1.29, 1.82) is 0 Å². The second-order valence-electron chi connectivity index (χ2n) is 4.77. The van der Waals surface area contributed by atoms with E-state index in [1.165, 1.54) is 0 Å². The van der Waals surface area contributed by atoms with Gasteiger partial charge in [-0.05, 0) is 25.3 Å². The van der Waals surface area contributed by atoms with Crippen molar-refractivity contribution in [3.8, 4) is 0 Å². The first-order chi connectivity index (χ1) is 8.99. The van der Waals surface area contributed by atoms with Gasteiger partial charge in [-0.15, -0.1) is 0 Å². The molecule has 0 saturated heterocycles. The van der Waals surface area contributed by atoms with Crippen LogP contribution in [0.15, 0.2) is 30.3 Å². The second-order valence-corrected chi connectivity index (χ2v) is 6.33. The Morgan fingerprint density at radius 2 is 2.00 bits per heavy atom. The fourth-order valence-electron chi connectivity index (χ4n) is 1.73. The van der Waals surface area contributed by atoms with Gasteiger partial charge >= 0.3 is 0 Å². The van der Waals surface area contributed by atoms with Gasteiger partial charge in [0.05, 0.1) is 6.04 Å². The Bertz CT molecular complexity index is 423. The van der Waals surface area contributed by atoms with Crippen LogP contribution in [0.1, 0.15) is 18.9 Å². The van der Waals surface area contributed by atoms with Crippen LogP contribution in [0, 0.1) is 0 Å². The van der Waals surface area contributed by atoms with E-state index in [0.29, 0.717) is 18.6 Å². The Morgan fingerprint density at radius 1 is 1.37 bits per heavy atom. The molecule has 3 N–H and O–H groups in total. The topological polar surface area (TPSA) is 72.2 Å². The molecule has 106 valence electrons. The van der Waals surface area contributed by atoms with Crippen molar-refractivity contribution in [1.82, 2.24) is 5.32 Å². The molecule has 0 bridgehead atoms. The van der Waals surface area contributed by atoms with Gasteiger partial charge in [-0.3, -0.25) is 9.00 Å². The number of rotatable bonds is 7. The number of nitrogens with two attached hydrogens (primary N) is 1. The lowest BCUT2D eigenvalue weighted by molar-refractivity contribution is -0.122. The molecule has 19 heavy (non-hydrogen) atoms. The highest BCUT2D eigenvalue weighted by Crippen LogP contribution is 2.02. The molecule has 0 heterocycles. The van der Waals surface area contributed by atoms with Gasteiger partial charge in [0.1, 0.15) is 0 Å². The monoisotopic (exact) mass is 282 g/mol. The molecule has 3 atom stereocenters. The summed E-state index contributed by atoms with van der Waals surface area (Å²) < 4.78 is 11.0. The maximum Gasteiger partial charge on any atom is 0.237 e. The average Bonchev–Trinajstić information content (AvgIpc) is 2.37. The molecule has 1 amide bonds. The highest BCUT2D eigenvalue weighted by molar-refractivity contribution is 7.84. The molecule has 0 aliphatic carbocycles. The van der Waals surface area contributed by atoms with Crippen molar-refractivity contribution in [3.05, 3.63) is 35.9 Å². The molecule has 0 radical (unpaired) electrons. The van der Waals surface area contributed by atoms with E-state index in [9.17, 15) is 9.00 Å². The SMILES string of the molecule is CC(CCS(C)=O)NC(=O)[C@@H](N)Cc1ccccc1. The van der Waals surface area contributed by atoms with Gasteiger partial charge < -0.3 is 11.1 Å². The van der Waals surface area contributed by atoms with Crippen LogP contribution in [-0.4, -0.2) is 34.2 Å². The van der Waals surface area contributed by atoms with E-state index in [4.69, 9.17) is 5.73 Å². The van der Waals surface area contributed by atoms with Crippen LogP contribution in [0.4, 0.5) is 0 Å². The van der Waals surface area contributed by atoms with E-state index in [2.05, 4.69) is 5.32 Å². The summed E-state index contributed by atoms with van der Waals surface area (Å²) in [6, 6.07) is 9.16. The van der Waals surface area contributed by atoms with Gasteiger partial charge in [-0.1, -0.05) is 30.3 Å².